The van der Waals surface area contributed by atoms with Crippen LogP contribution >= 0.6 is 0 Å². The second-order valence-corrected chi connectivity index (χ2v) is 10.4. The quantitative estimate of drug-likeness (QED) is 0.785. The van der Waals surface area contributed by atoms with Gasteiger partial charge in [0.15, 0.2) is 0 Å². The van der Waals surface area contributed by atoms with E-state index in [2.05, 4.69) is 48.0 Å². The van der Waals surface area contributed by atoms with Crippen LogP contribution in [0.15, 0.2) is 12.1 Å². The van der Waals surface area contributed by atoms with Crippen molar-refractivity contribution in [2.45, 2.75) is 83.0 Å². The van der Waals surface area contributed by atoms with Gasteiger partial charge in [0.1, 0.15) is 0 Å². The molecule has 4 saturated heterocycles. The van der Waals surface area contributed by atoms with E-state index >= 15 is 0 Å². The van der Waals surface area contributed by atoms with Crippen molar-refractivity contribution in [1.29, 1.82) is 0 Å². The molecule has 0 saturated carbocycles. The molecule has 0 aliphatic carbocycles. The minimum Gasteiger partial charge on any atom is -0.374 e. The van der Waals surface area contributed by atoms with Crippen molar-refractivity contribution in [3.8, 4) is 0 Å². The summed E-state index contributed by atoms with van der Waals surface area (Å²) in [6.07, 6.45) is 5.83. The molecule has 29 heavy (non-hydrogen) atoms. The molecule has 1 aromatic rings. The Hall–Kier alpha value is -1.59. The molecule has 2 unspecified atom stereocenters. The summed E-state index contributed by atoms with van der Waals surface area (Å²) in [6, 6.07) is 5.76. The zero-order valence-electron chi connectivity index (χ0n) is 18.2. The second kappa shape index (κ2) is 7.28. The van der Waals surface area contributed by atoms with Gasteiger partial charge in [-0.3, -0.25) is 0 Å². The number of hydrogen-bond acceptors (Lipinski definition) is 3. The lowest BCUT2D eigenvalue weighted by atomic mass is 9.80. The van der Waals surface area contributed by atoms with Gasteiger partial charge in [-0.15, -0.1) is 0 Å². The van der Waals surface area contributed by atoms with Crippen LogP contribution in [0.25, 0.3) is 0 Å². The number of nitrogens with one attached hydrogen (secondary N) is 1. The Morgan fingerprint density at radius 2 is 2.07 bits per heavy atom. The molecule has 2 bridgehead atoms. The maximum absolute atomic E-state index is 13.4. The number of carbonyl (C=O) groups is 1. The molecular weight excluding hydrogens is 362 g/mol. The molecule has 0 spiro atoms. The second-order valence-electron chi connectivity index (χ2n) is 10.4. The lowest BCUT2D eigenvalue weighted by molar-refractivity contribution is -0.0923. The minimum atomic E-state index is 0.141. The number of morpholine rings is 1. The van der Waals surface area contributed by atoms with Crippen LogP contribution in [0.5, 0.6) is 0 Å². The number of ether oxygens (including phenoxy) is 1. The van der Waals surface area contributed by atoms with Crippen molar-refractivity contribution in [2.24, 2.45) is 0 Å². The largest absolute Gasteiger partial charge is 0.374 e. The molecule has 6 rings (SSSR count). The van der Waals surface area contributed by atoms with Crippen LogP contribution in [0.3, 0.4) is 0 Å². The highest BCUT2D eigenvalue weighted by molar-refractivity contribution is 5.75. The fraction of sp³-hybridized carbons (Fsp3) is 0.708. The molecule has 158 valence electrons. The molecule has 5 aliphatic rings. The Kier molecular flexibility index (Phi) is 4.86. The third-order valence-electron chi connectivity index (χ3n) is 7.38. The van der Waals surface area contributed by atoms with Gasteiger partial charge in [0.2, 0.25) is 0 Å². The van der Waals surface area contributed by atoms with Crippen molar-refractivity contribution < 1.29 is 9.53 Å². The third-order valence-corrected chi connectivity index (χ3v) is 7.38. The van der Waals surface area contributed by atoms with E-state index in [0.29, 0.717) is 12.6 Å². The number of piperidine rings is 1. The number of amides is 2. The molecule has 5 aliphatic heterocycles. The van der Waals surface area contributed by atoms with Gasteiger partial charge >= 0.3 is 6.03 Å². The van der Waals surface area contributed by atoms with E-state index in [4.69, 9.17) is 4.74 Å². The molecule has 5 heterocycles. The Morgan fingerprint density at radius 1 is 1.21 bits per heavy atom. The molecule has 3 atom stereocenters. The minimum absolute atomic E-state index is 0.141. The number of carbonyl (C=O) groups excluding carboxylic acids is 1. The van der Waals surface area contributed by atoms with Crippen molar-refractivity contribution in [2.75, 3.05) is 26.2 Å². The Balaban J connectivity index is 1.43. The van der Waals surface area contributed by atoms with E-state index in [-0.39, 0.29) is 23.6 Å². The smallest absolute Gasteiger partial charge is 0.320 e. The highest BCUT2D eigenvalue weighted by Gasteiger charge is 2.40. The van der Waals surface area contributed by atoms with Crippen molar-refractivity contribution in [3.05, 3.63) is 34.4 Å². The molecule has 1 N–H and O–H groups in total. The fourth-order valence-corrected chi connectivity index (χ4v) is 5.52. The van der Waals surface area contributed by atoms with Gasteiger partial charge in [0, 0.05) is 25.7 Å². The number of urea groups is 1. The molecule has 5 heteroatoms. The first kappa shape index (κ1) is 19.4. The van der Waals surface area contributed by atoms with Crippen molar-refractivity contribution >= 4 is 6.03 Å². The molecule has 0 aromatic heterocycles. The molecule has 2 amide bonds. The Labute approximate surface area is 174 Å². The lowest BCUT2D eigenvalue weighted by Gasteiger charge is -2.47. The SMILES string of the molecule is CC(C)(C)c1cc2c(c([C@@H]3CCCN3)c1)CN(C(=O)N1CC3CCC1CO3)CC2. The maximum Gasteiger partial charge on any atom is 0.320 e. The summed E-state index contributed by atoms with van der Waals surface area (Å²) in [5, 5.41) is 3.70. The molecule has 4 fully saturated rings. The molecular formula is C24H35N3O2. The van der Waals surface area contributed by atoms with Crippen LogP contribution in [0.2, 0.25) is 0 Å². The molecule has 5 nitrogen and oxygen atoms in total. The first-order chi connectivity index (χ1) is 13.9. The summed E-state index contributed by atoms with van der Waals surface area (Å²) in [6.45, 7) is 11.1. The van der Waals surface area contributed by atoms with Crippen LogP contribution < -0.4 is 5.32 Å². The summed E-state index contributed by atoms with van der Waals surface area (Å²) >= 11 is 0. The van der Waals surface area contributed by atoms with E-state index in [1.807, 2.05) is 0 Å². The topological polar surface area (TPSA) is 44.8 Å². The van der Waals surface area contributed by atoms with E-state index in [1.165, 1.54) is 35.1 Å². The predicted octanol–water partition coefficient (Wildman–Crippen LogP) is 3.75. The van der Waals surface area contributed by atoms with Crippen LogP contribution in [-0.4, -0.2) is 54.2 Å². The highest BCUT2D eigenvalue weighted by Crippen LogP contribution is 2.36. The average Bonchev–Trinajstić information content (AvgIpc) is 3.27. The Bertz CT molecular complexity index is 786. The van der Waals surface area contributed by atoms with Crippen LogP contribution in [0.4, 0.5) is 4.79 Å². The van der Waals surface area contributed by atoms with E-state index in [9.17, 15) is 4.79 Å². The summed E-state index contributed by atoms with van der Waals surface area (Å²) in [7, 11) is 0. The van der Waals surface area contributed by atoms with Gasteiger partial charge < -0.3 is 19.9 Å². The van der Waals surface area contributed by atoms with Crippen molar-refractivity contribution in [3.63, 3.8) is 0 Å². The van der Waals surface area contributed by atoms with Gasteiger partial charge in [-0.25, -0.2) is 4.79 Å². The van der Waals surface area contributed by atoms with E-state index < -0.39 is 0 Å². The number of fused-ring (bicyclic) bond motifs is 4. The van der Waals surface area contributed by atoms with Crippen LogP contribution in [0.1, 0.15) is 74.8 Å². The Morgan fingerprint density at radius 3 is 2.69 bits per heavy atom. The summed E-state index contributed by atoms with van der Waals surface area (Å²) in [5.41, 5.74) is 5.85. The third kappa shape index (κ3) is 3.57. The fourth-order valence-electron chi connectivity index (χ4n) is 5.52. The first-order valence-corrected chi connectivity index (χ1v) is 11.5. The lowest BCUT2D eigenvalue weighted by Crippen LogP contribution is -2.60. The van der Waals surface area contributed by atoms with E-state index in [0.717, 1.165) is 45.4 Å². The van der Waals surface area contributed by atoms with Gasteiger partial charge in [-0.05, 0) is 66.3 Å². The van der Waals surface area contributed by atoms with E-state index in [1.54, 1.807) is 0 Å². The average molecular weight is 398 g/mol. The zero-order chi connectivity index (χ0) is 20.2. The number of benzene rings is 1. The van der Waals surface area contributed by atoms with Gasteiger partial charge in [0.05, 0.1) is 18.8 Å². The summed E-state index contributed by atoms with van der Waals surface area (Å²) < 4.78 is 5.81. The van der Waals surface area contributed by atoms with Gasteiger partial charge in [-0.2, -0.15) is 0 Å². The zero-order valence-corrected chi connectivity index (χ0v) is 18.2. The van der Waals surface area contributed by atoms with Crippen LogP contribution in [-0.2, 0) is 23.1 Å². The molecule has 0 radical (unpaired) electrons. The van der Waals surface area contributed by atoms with Crippen LogP contribution in [0, 0.1) is 0 Å². The number of hydrogen-bond donors (Lipinski definition) is 1. The normalized spacial score (nSPS) is 29.3. The monoisotopic (exact) mass is 397 g/mol. The first-order valence-electron chi connectivity index (χ1n) is 11.5. The number of rotatable bonds is 1. The maximum atomic E-state index is 13.4. The summed E-state index contributed by atoms with van der Waals surface area (Å²) in [5.74, 6) is 0. The molecule has 1 aromatic carbocycles. The number of nitrogens with zero attached hydrogens (tertiary/aromatic N) is 2. The predicted molar refractivity (Wildman–Crippen MR) is 114 cm³/mol. The highest BCUT2D eigenvalue weighted by atomic mass is 16.5. The standard InChI is InChI=1S/C24H35N3O2/c1-24(2,3)17-11-16-8-10-26(14-21(16)20(12-17)22-5-4-9-25-22)23(28)27-13-19-7-6-18(27)15-29-19/h11-12,18-19,22,25H,4-10,13-15H2,1-3H3/t18?,19?,22-/m0/s1. The summed E-state index contributed by atoms with van der Waals surface area (Å²) in [4.78, 5) is 17.6. The van der Waals surface area contributed by atoms with Gasteiger partial charge in [0.25, 0.3) is 0 Å². The van der Waals surface area contributed by atoms with Crippen molar-refractivity contribution in [1.82, 2.24) is 15.1 Å². The van der Waals surface area contributed by atoms with Gasteiger partial charge in [-0.1, -0.05) is 32.9 Å².